The quantitative estimate of drug-likeness (QED) is 0.381. The number of nitrogens with two attached hydrogens (primary N) is 4. The van der Waals surface area contributed by atoms with E-state index in [1.807, 2.05) is 0 Å². The van der Waals surface area contributed by atoms with E-state index in [1.54, 1.807) is 0 Å². The third-order valence-electron chi connectivity index (χ3n) is 4.30. The van der Waals surface area contributed by atoms with Crippen molar-refractivity contribution in [3.63, 3.8) is 0 Å². The highest BCUT2D eigenvalue weighted by atomic mass is 15.2. The second-order valence-electron chi connectivity index (χ2n) is 6.33. The van der Waals surface area contributed by atoms with Crippen LogP contribution >= 0.6 is 0 Å². The summed E-state index contributed by atoms with van der Waals surface area (Å²) >= 11 is 0. The molecule has 0 saturated heterocycles. The van der Waals surface area contributed by atoms with Gasteiger partial charge in [-0.2, -0.15) is 0 Å². The second-order valence-corrected chi connectivity index (χ2v) is 6.33. The summed E-state index contributed by atoms with van der Waals surface area (Å²) in [5.41, 5.74) is 25.8. The van der Waals surface area contributed by atoms with Crippen LogP contribution in [0.2, 0.25) is 0 Å². The molecule has 0 spiro atoms. The average molecular weight is 337 g/mol. The van der Waals surface area contributed by atoms with E-state index >= 15 is 0 Å². The summed E-state index contributed by atoms with van der Waals surface area (Å²) in [6.07, 6.45) is 0.978. The summed E-state index contributed by atoms with van der Waals surface area (Å²) in [5.74, 6) is 0. The van der Waals surface area contributed by atoms with Crippen molar-refractivity contribution < 1.29 is 0 Å². The normalized spacial score (nSPS) is 13.0. The first-order valence-electron chi connectivity index (χ1n) is 8.96. The van der Waals surface area contributed by atoms with Crippen LogP contribution in [0.1, 0.15) is 11.1 Å². The predicted octanol–water partition coefficient (Wildman–Crippen LogP) is -0.655. The summed E-state index contributed by atoms with van der Waals surface area (Å²) in [6.45, 7) is 9.04. The lowest BCUT2D eigenvalue weighted by Crippen LogP contribution is -2.50. The van der Waals surface area contributed by atoms with Gasteiger partial charge in [-0.25, -0.2) is 0 Å². The van der Waals surface area contributed by atoms with Crippen molar-refractivity contribution in [3.8, 4) is 0 Å². The van der Waals surface area contributed by atoms with Gasteiger partial charge in [-0.1, -0.05) is 29.8 Å². The van der Waals surface area contributed by atoms with Gasteiger partial charge >= 0.3 is 0 Å². The number of hydrogen-bond donors (Lipinski definition) is 4. The van der Waals surface area contributed by atoms with Gasteiger partial charge in [0, 0.05) is 64.9 Å². The monoisotopic (exact) mass is 336 g/mol. The number of benzene rings is 1. The topological polar surface area (TPSA) is 111 Å². The Labute approximate surface area is 147 Å². The number of nitrogens with zero attached hydrogens (tertiary/aromatic N) is 2. The molecular weight excluding hydrogens is 300 g/mol. The van der Waals surface area contributed by atoms with Crippen LogP contribution in [0.15, 0.2) is 24.3 Å². The summed E-state index contributed by atoms with van der Waals surface area (Å²) in [5, 5.41) is 0. The molecule has 1 aromatic carbocycles. The summed E-state index contributed by atoms with van der Waals surface area (Å²) in [7, 11) is 0. The van der Waals surface area contributed by atoms with Crippen molar-refractivity contribution in [2.24, 2.45) is 22.9 Å². The maximum absolute atomic E-state index is 5.82. The standard InChI is InChI=1S/C18H36N6/c1-16-2-4-17(5-3-16)14-18(24(12-8-21)13-9-22)15-23(10-6-19)11-7-20/h2-5,18H,6-15,19-22H2,1H3. The van der Waals surface area contributed by atoms with Gasteiger partial charge in [0.2, 0.25) is 0 Å². The maximum atomic E-state index is 5.82. The lowest BCUT2D eigenvalue weighted by atomic mass is 10.0. The zero-order valence-corrected chi connectivity index (χ0v) is 15.2. The molecular formula is C18H36N6. The Morgan fingerprint density at radius 1 is 0.792 bits per heavy atom. The van der Waals surface area contributed by atoms with Gasteiger partial charge in [-0.15, -0.1) is 0 Å². The van der Waals surface area contributed by atoms with Gasteiger partial charge in [0.25, 0.3) is 0 Å². The van der Waals surface area contributed by atoms with Crippen molar-refractivity contribution in [1.29, 1.82) is 0 Å². The first-order chi connectivity index (χ1) is 11.6. The second kappa shape index (κ2) is 12.4. The number of rotatable bonds is 13. The minimum Gasteiger partial charge on any atom is -0.329 e. The highest BCUT2D eigenvalue weighted by Crippen LogP contribution is 2.12. The Bertz CT molecular complexity index is 410. The minimum absolute atomic E-state index is 0.359. The van der Waals surface area contributed by atoms with E-state index < -0.39 is 0 Å². The summed E-state index contributed by atoms with van der Waals surface area (Å²) < 4.78 is 0. The molecule has 0 amide bonds. The molecule has 24 heavy (non-hydrogen) atoms. The molecule has 0 fully saturated rings. The molecule has 6 nitrogen and oxygen atoms in total. The molecule has 0 aliphatic heterocycles. The van der Waals surface area contributed by atoms with E-state index in [9.17, 15) is 0 Å². The predicted molar refractivity (Wildman–Crippen MR) is 103 cm³/mol. The van der Waals surface area contributed by atoms with Crippen LogP contribution in [0.5, 0.6) is 0 Å². The molecule has 0 aliphatic carbocycles. The van der Waals surface area contributed by atoms with E-state index in [1.165, 1.54) is 11.1 Å². The van der Waals surface area contributed by atoms with Crippen molar-refractivity contribution >= 4 is 0 Å². The van der Waals surface area contributed by atoms with Gasteiger partial charge in [0.05, 0.1) is 0 Å². The van der Waals surface area contributed by atoms with E-state index in [0.29, 0.717) is 32.2 Å². The lowest BCUT2D eigenvalue weighted by Gasteiger charge is -2.35. The first-order valence-corrected chi connectivity index (χ1v) is 8.96. The van der Waals surface area contributed by atoms with E-state index in [4.69, 9.17) is 22.9 Å². The van der Waals surface area contributed by atoms with E-state index in [-0.39, 0.29) is 0 Å². The Balaban J connectivity index is 2.88. The third-order valence-corrected chi connectivity index (χ3v) is 4.30. The maximum Gasteiger partial charge on any atom is 0.0264 e. The van der Waals surface area contributed by atoms with Crippen LogP contribution in [-0.2, 0) is 6.42 Å². The molecule has 1 rings (SSSR count). The highest BCUT2D eigenvalue weighted by molar-refractivity contribution is 5.22. The summed E-state index contributed by atoms with van der Waals surface area (Å²) in [4.78, 5) is 4.75. The first kappa shape index (κ1) is 21.0. The third kappa shape index (κ3) is 7.70. The molecule has 1 aromatic rings. The van der Waals surface area contributed by atoms with Crippen LogP contribution in [-0.4, -0.2) is 74.7 Å². The fourth-order valence-electron chi connectivity index (χ4n) is 3.07. The summed E-state index contributed by atoms with van der Waals surface area (Å²) in [6, 6.07) is 9.11. The fraction of sp³-hybridized carbons (Fsp3) is 0.667. The molecule has 1 unspecified atom stereocenters. The molecule has 6 heteroatoms. The van der Waals surface area contributed by atoms with Gasteiger partial charge in [0.1, 0.15) is 0 Å². The number of aryl methyl sites for hydroxylation is 1. The molecule has 138 valence electrons. The molecule has 0 radical (unpaired) electrons. The van der Waals surface area contributed by atoms with Crippen molar-refractivity contribution in [2.75, 3.05) is 58.9 Å². The van der Waals surface area contributed by atoms with Crippen LogP contribution in [0.25, 0.3) is 0 Å². The van der Waals surface area contributed by atoms with Crippen molar-refractivity contribution in [2.45, 2.75) is 19.4 Å². The van der Waals surface area contributed by atoms with Crippen LogP contribution in [0.4, 0.5) is 0 Å². The smallest absolute Gasteiger partial charge is 0.0264 e. The van der Waals surface area contributed by atoms with Crippen molar-refractivity contribution in [1.82, 2.24) is 9.80 Å². The highest BCUT2D eigenvalue weighted by Gasteiger charge is 2.20. The van der Waals surface area contributed by atoms with Gasteiger partial charge in [0.15, 0.2) is 0 Å². The van der Waals surface area contributed by atoms with Crippen LogP contribution in [0, 0.1) is 6.92 Å². The number of hydrogen-bond acceptors (Lipinski definition) is 6. The van der Waals surface area contributed by atoms with E-state index in [2.05, 4.69) is 41.0 Å². The van der Waals surface area contributed by atoms with Crippen molar-refractivity contribution in [3.05, 3.63) is 35.4 Å². The average Bonchev–Trinajstić information content (AvgIpc) is 2.56. The van der Waals surface area contributed by atoms with Gasteiger partial charge < -0.3 is 22.9 Å². The molecule has 0 saturated carbocycles. The van der Waals surface area contributed by atoms with Gasteiger partial charge in [-0.05, 0) is 18.9 Å². The van der Waals surface area contributed by atoms with Crippen LogP contribution < -0.4 is 22.9 Å². The molecule has 0 aromatic heterocycles. The largest absolute Gasteiger partial charge is 0.329 e. The Morgan fingerprint density at radius 3 is 1.75 bits per heavy atom. The molecule has 1 atom stereocenters. The van der Waals surface area contributed by atoms with Gasteiger partial charge in [-0.3, -0.25) is 9.80 Å². The zero-order valence-electron chi connectivity index (χ0n) is 15.2. The Kier molecular flexibility index (Phi) is 10.8. The van der Waals surface area contributed by atoms with E-state index in [0.717, 1.165) is 39.1 Å². The molecule has 0 heterocycles. The lowest BCUT2D eigenvalue weighted by molar-refractivity contribution is 0.145. The molecule has 8 N–H and O–H groups in total. The SMILES string of the molecule is Cc1ccc(CC(CN(CCN)CCN)N(CCN)CCN)cc1. The Morgan fingerprint density at radius 2 is 1.29 bits per heavy atom. The minimum atomic E-state index is 0.359. The fourth-order valence-corrected chi connectivity index (χ4v) is 3.07. The molecule has 0 aliphatic rings. The van der Waals surface area contributed by atoms with Crippen LogP contribution in [0.3, 0.4) is 0 Å². The Hall–Kier alpha value is -1.02. The molecule has 0 bridgehead atoms. The zero-order chi connectivity index (χ0) is 17.8.